The number of thiazole rings is 1. The lowest BCUT2D eigenvalue weighted by Gasteiger charge is -2.17. The van der Waals surface area contributed by atoms with Crippen LogP contribution in [0.3, 0.4) is 0 Å². The van der Waals surface area contributed by atoms with Crippen LogP contribution < -0.4 is 4.74 Å². The van der Waals surface area contributed by atoms with Crippen molar-refractivity contribution in [2.75, 3.05) is 7.05 Å². The summed E-state index contributed by atoms with van der Waals surface area (Å²) in [5, 5.41) is 0.523. The van der Waals surface area contributed by atoms with Crippen molar-refractivity contribution in [2.24, 2.45) is 4.99 Å². The second kappa shape index (κ2) is 7.37. The van der Waals surface area contributed by atoms with E-state index in [0.29, 0.717) is 15.6 Å². The minimum Gasteiger partial charge on any atom is -0.431 e. The number of aliphatic imine (C=N–C) groups is 1. The molecule has 1 fully saturated rings. The standard InChI is InChI=1S/C19H23Cl2N3OS/c1-11(2)24(5)10-22-14-8-13(4)15(9-12(14)3)25-18-23-16(17(20)26-18)19(21)6-7-19/h8-11H,6-7H2,1-5H3/b22-10-. The van der Waals surface area contributed by atoms with E-state index in [-0.39, 0.29) is 4.87 Å². The predicted molar refractivity (Wildman–Crippen MR) is 111 cm³/mol. The predicted octanol–water partition coefficient (Wildman–Crippen LogP) is 6.43. The highest BCUT2D eigenvalue weighted by molar-refractivity contribution is 7.17. The third-order valence-corrected chi connectivity index (χ3v) is 6.25. The Labute approximate surface area is 168 Å². The number of hydrogen-bond donors (Lipinski definition) is 0. The molecular weight excluding hydrogens is 389 g/mol. The molecule has 0 unspecified atom stereocenters. The van der Waals surface area contributed by atoms with Crippen molar-refractivity contribution in [1.29, 1.82) is 0 Å². The van der Waals surface area contributed by atoms with E-state index in [1.165, 1.54) is 11.3 Å². The van der Waals surface area contributed by atoms with Gasteiger partial charge in [0.25, 0.3) is 5.19 Å². The van der Waals surface area contributed by atoms with Crippen LogP contribution in [-0.4, -0.2) is 29.3 Å². The number of nitrogens with zero attached hydrogens (tertiary/aromatic N) is 3. The molecule has 140 valence electrons. The number of ether oxygens (including phenoxy) is 1. The average Bonchev–Trinajstić information content (AvgIpc) is 3.20. The summed E-state index contributed by atoms with van der Waals surface area (Å²) in [6.45, 7) is 8.27. The van der Waals surface area contributed by atoms with Gasteiger partial charge in [-0.2, -0.15) is 0 Å². The van der Waals surface area contributed by atoms with Gasteiger partial charge in [0.05, 0.1) is 22.6 Å². The molecule has 0 radical (unpaired) electrons. The lowest BCUT2D eigenvalue weighted by molar-refractivity contribution is 0.429. The molecule has 1 aromatic carbocycles. The number of aromatic nitrogens is 1. The molecule has 0 spiro atoms. The Morgan fingerprint density at radius 2 is 2.00 bits per heavy atom. The van der Waals surface area contributed by atoms with Crippen molar-refractivity contribution in [3.8, 4) is 10.9 Å². The molecule has 0 N–H and O–H groups in total. The number of halogens is 2. The van der Waals surface area contributed by atoms with Crippen molar-refractivity contribution in [2.45, 2.75) is 51.5 Å². The summed E-state index contributed by atoms with van der Waals surface area (Å²) >= 11 is 14.1. The minimum atomic E-state index is -0.388. The minimum absolute atomic E-state index is 0.388. The normalized spacial score (nSPS) is 15.7. The Bertz CT molecular complexity index is 844. The van der Waals surface area contributed by atoms with Gasteiger partial charge in [0, 0.05) is 13.1 Å². The highest BCUT2D eigenvalue weighted by Crippen LogP contribution is 2.55. The van der Waals surface area contributed by atoms with Crippen molar-refractivity contribution >= 4 is 46.6 Å². The number of rotatable bonds is 6. The Balaban J connectivity index is 1.80. The zero-order valence-corrected chi connectivity index (χ0v) is 18.0. The molecule has 1 heterocycles. The summed E-state index contributed by atoms with van der Waals surface area (Å²) in [5.74, 6) is 0.759. The molecule has 1 aromatic heterocycles. The summed E-state index contributed by atoms with van der Waals surface area (Å²) in [5.41, 5.74) is 3.71. The maximum absolute atomic E-state index is 6.44. The number of alkyl halides is 1. The molecule has 1 saturated carbocycles. The van der Waals surface area contributed by atoms with E-state index in [0.717, 1.165) is 41.1 Å². The van der Waals surface area contributed by atoms with E-state index >= 15 is 0 Å². The van der Waals surface area contributed by atoms with Gasteiger partial charge in [0.1, 0.15) is 10.1 Å². The van der Waals surface area contributed by atoms with Gasteiger partial charge in [-0.05, 0) is 63.8 Å². The maximum atomic E-state index is 6.44. The smallest absolute Gasteiger partial charge is 0.280 e. The summed E-state index contributed by atoms with van der Waals surface area (Å²) in [7, 11) is 2.02. The maximum Gasteiger partial charge on any atom is 0.280 e. The van der Waals surface area contributed by atoms with Crippen LogP contribution in [-0.2, 0) is 4.87 Å². The largest absolute Gasteiger partial charge is 0.431 e. The van der Waals surface area contributed by atoms with Crippen LogP contribution in [0.2, 0.25) is 4.34 Å². The first-order valence-electron chi connectivity index (χ1n) is 8.60. The summed E-state index contributed by atoms with van der Waals surface area (Å²) in [6.07, 6.45) is 3.68. The summed E-state index contributed by atoms with van der Waals surface area (Å²) < 4.78 is 6.61. The van der Waals surface area contributed by atoms with Crippen LogP contribution in [0.25, 0.3) is 0 Å². The number of aryl methyl sites for hydroxylation is 2. The Morgan fingerprint density at radius 1 is 1.31 bits per heavy atom. The van der Waals surface area contributed by atoms with Crippen LogP contribution >= 0.6 is 34.5 Å². The highest BCUT2D eigenvalue weighted by Gasteiger charge is 2.46. The van der Waals surface area contributed by atoms with E-state index < -0.39 is 0 Å². The molecule has 0 bridgehead atoms. The second-order valence-electron chi connectivity index (χ2n) is 7.08. The molecule has 0 atom stereocenters. The molecule has 1 aliphatic carbocycles. The Kier molecular flexibility index (Phi) is 5.52. The molecule has 3 rings (SSSR count). The van der Waals surface area contributed by atoms with Crippen molar-refractivity contribution in [3.05, 3.63) is 33.3 Å². The highest BCUT2D eigenvalue weighted by atomic mass is 35.5. The van der Waals surface area contributed by atoms with Crippen molar-refractivity contribution in [1.82, 2.24) is 9.88 Å². The zero-order chi connectivity index (χ0) is 19.1. The van der Waals surface area contributed by atoms with E-state index in [2.05, 4.69) is 28.7 Å². The fourth-order valence-electron chi connectivity index (χ4n) is 2.35. The van der Waals surface area contributed by atoms with E-state index in [1.807, 2.05) is 39.4 Å². The van der Waals surface area contributed by atoms with Crippen LogP contribution in [0.4, 0.5) is 5.69 Å². The monoisotopic (exact) mass is 411 g/mol. The third-order valence-electron chi connectivity index (χ3n) is 4.56. The fraction of sp³-hybridized carbons (Fsp3) is 0.474. The first kappa shape index (κ1) is 19.5. The molecule has 4 nitrogen and oxygen atoms in total. The van der Waals surface area contributed by atoms with Gasteiger partial charge in [-0.3, -0.25) is 0 Å². The van der Waals surface area contributed by atoms with E-state index in [9.17, 15) is 0 Å². The molecule has 2 aromatic rings. The molecule has 1 aliphatic rings. The van der Waals surface area contributed by atoms with Gasteiger partial charge in [0.2, 0.25) is 0 Å². The van der Waals surface area contributed by atoms with Crippen molar-refractivity contribution < 1.29 is 4.74 Å². The third kappa shape index (κ3) is 4.16. The lowest BCUT2D eigenvalue weighted by Crippen LogP contribution is -2.24. The second-order valence-corrected chi connectivity index (χ2v) is 9.36. The van der Waals surface area contributed by atoms with Gasteiger partial charge in [0.15, 0.2) is 0 Å². The topological polar surface area (TPSA) is 37.7 Å². The summed E-state index contributed by atoms with van der Waals surface area (Å²) in [6, 6.07) is 4.42. The Morgan fingerprint density at radius 3 is 2.62 bits per heavy atom. The van der Waals surface area contributed by atoms with Crippen LogP contribution in [0.1, 0.15) is 43.5 Å². The van der Waals surface area contributed by atoms with Gasteiger partial charge >= 0.3 is 0 Å². The molecule has 0 amide bonds. The lowest BCUT2D eigenvalue weighted by atomic mass is 10.1. The molecule has 0 aliphatic heterocycles. The first-order chi connectivity index (χ1) is 12.2. The van der Waals surface area contributed by atoms with Crippen molar-refractivity contribution in [3.63, 3.8) is 0 Å². The number of hydrogen-bond acceptors (Lipinski definition) is 4. The van der Waals surface area contributed by atoms with Crippen LogP contribution in [0, 0.1) is 13.8 Å². The zero-order valence-electron chi connectivity index (χ0n) is 15.6. The fourth-order valence-corrected chi connectivity index (χ4v) is 3.87. The van der Waals surface area contributed by atoms with Gasteiger partial charge in [-0.1, -0.05) is 22.9 Å². The average molecular weight is 412 g/mol. The molecule has 0 saturated heterocycles. The van der Waals surface area contributed by atoms with E-state index in [1.54, 1.807) is 0 Å². The van der Waals surface area contributed by atoms with Gasteiger partial charge in [-0.25, -0.2) is 9.98 Å². The van der Waals surface area contributed by atoms with E-state index in [4.69, 9.17) is 27.9 Å². The first-order valence-corrected chi connectivity index (χ1v) is 10.2. The van der Waals surface area contributed by atoms with Gasteiger partial charge in [-0.15, -0.1) is 11.6 Å². The SMILES string of the molecule is Cc1cc(Oc2nc(C3(Cl)CC3)c(Cl)s2)c(C)cc1/N=C\N(C)C(C)C. The quantitative estimate of drug-likeness (QED) is 0.312. The molecule has 7 heteroatoms. The number of benzene rings is 1. The van der Waals surface area contributed by atoms with Crippen LogP contribution in [0.15, 0.2) is 17.1 Å². The van der Waals surface area contributed by atoms with Gasteiger partial charge < -0.3 is 9.64 Å². The molecule has 26 heavy (non-hydrogen) atoms. The Hall–Kier alpha value is -1.30. The summed E-state index contributed by atoms with van der Waals surface area (Å²) in [4.78, 5) is 10.8. The van der Waals surface area contributed by atoms with Crippen LogP contribution in [0.5, 0.6) is 10.9 Å². The molecular formula is C19H23Cl2N3OS.